The molecule has 13 heteroatoms. The molecule has 61 heavy (non-hydrogen) atoms. The first-order valence-electron chi connectivity index (χ1n) is 20.1. The number of hydrogen-bond donors (Lipinski definition) is 0. The number of ether oxygens (including phenoxy) is 10. The molecular formula is C48H46O13. The van der Waals surface area contributed by atoms with Gasteiger partial charge in [0.25, 0.3) is 0 Å². The minimum atomic E-state index is -1.44. The number of benzene rings is 5. The van der Waals surface area contributed by atoms with Crippen LogP contribution in [0.4, 0.5) is 0 Å². The fraction of sp³-hybridized carbons (Fsp3) is 0.312. The maximum atomic E-state index is 13.8. The van der Waals surface area contributed by atoms with Crippen LogP contribution in [0.1, 0.15) is 54.9 Å². The average molecular weight is 831 g/mol. The van der Waals surface area contributed by atoms with Crippen LogP contribution < -0.4 is 0 Å². The van der Waals surface area contributed by atoms with E-state index in [1.54, 1.807) is 91.0 Å². The Balaban J connectivity index is 1.06. The Hall–Kier alpha value is -5.77. The van der Waals surface area contributed by atoms with Gasteiger partial charge >= 0.3 is 17.9 Å². The SMILES string of the molecule is CO[C@H]1O[C@H](CO[C@@H]2C[C@@H](OCc3ccccc3)[C@@H]3OC(c4ccccc4)OC[C@H]3O2)[C@@H](OC(=O)c2ccccc2)[C@H](OC(=O)c2ccccc2)[C@@H]1OC(=O)c1ccccc1. The minimum Gasteiger partial charge on any atom is -0.452 e. The van der Waals surface area contributed by atoms with E-state index < -0.39 is 79.5 Å². The average Bonchev–Trinajstić information content (AvgIpc) is 3.32. The van der Waals surface area contributed by atoms with E-state index >= 15 is 0 Å². The number of carbonyl (C=O) groups excluding carboxylic acids is 3. The van der Waals surface area contributed by atoms with Gasteiger partial charge in [0.15, 0.2) is 37.2 Å². The van der Waals surface area contributed by atoms with Crippen LogP contribution >= 0.6 is 0 Å². The van der Waals surface area contributed by atoms with E-state index in [4.69, 9.17) is 47.4 Å². The smallest absolute Gasteiger partial charge is 0.338 e. The van der Waals surface area contributed by atoms with Gasteiger partial charge in [0.05, 0.1) is 42.6 Å². The largest absolute Gasteiger partial charge is 0.452 e. The zero-order valence-corrected chi connectivity index (χ0v) is 33.3. The van der Waals surface area contributed by atoms with E-state index in [0.717, 1.165) is 11.1 Å². The molecule has 0 spiro atoms. The van der Waals surface area contributed by atoms with Gasteiger partial charge in [-0.25, -0.2) is 14.4 Å². The molecule has 0 amide bonds. The van der Waals surface area contributed by atoms with Crippen molar-refractivity contribution in [1.29, 1.82) is 0 Å². The van der Waals surface area contributed by atoms with E-state index in [0.29, 0.717) is 6.61 Å². The van der Waals surface area contributed by atoms with Crippen molar-refractivity contribution < 1.29 is 61.8 Å². The number of hydrogen-bond acceptors (Lipinski definition) is 13. The molecule has 0 saturated carbocycles. The molecule has 316 valence electrons. The van der Waals surface area contributed by atoms with Gasteiger partial charge in [0.2, 0.25) is 0 Å². The van der Waals surface area contributed by atoms with Gasteiger partial charge in [0.1, 0.15) is 18.3 Å². The van der Waals surface area contributed by atoms with Crippen LogP contribution in [0.25, 0.3) is 0 Å². The lowest BCUT2D eigenvalue weighted by Gasteiger charge is -2.46. The first-order chi connectivity index (χ1) is 29.9. The standard InChI is InChI=1S/C48H46O13/c1-52-48-43(60-46(51)34-23-13-5-14-24-34)42(59-45(50)33-21-11-4-12-22-33)41(58-44(49)32-19-9-3-10-20-32)38(57-48)29-54-39-27-36(53-28-31-17-7-2-8-18-31)40-37(56-39)30-55-47(61-40)35-25-15-6-16-26-35/h2-26,36-43,47-48H,27-30H2,1H3/t36-,37-,38-,39+,40+,41-,42+,43+,47?,48+/m1/s1. The predicted molar refractivity (Wildman–Crippen MR) is 217 cm³/mol. The maximum Gasteiger partial charge on any atom is 0.338 e. The van der Waals surface area contributed by atoms with Crippen molar-refractivity contribution in [3.8, 4) is 0 Å². The van der Waals surface area contributed by atoms with Crippen LogP contribution in [-0.2, 0) is 54.0 Å². The van der Waals surface area contributed by atoms with Crippen molar-refractivity contribution in [1.82, 2.24) is 0 Å². The summed E-state index contributed by atoms with van der Waals surface area (Å²) in [5, 5.41) is 0. The van der Waals surface area contributed by atoms with Crippen LogP contribution in [0.15, 0.2) is 152 Å². The highest BCUT2D eigenvalue weighted by Gasteiger charge is 2.54. The molecule has 0 aromatic heterocycles. The molecule has 0 bridgehead atoms. The molecule has 3 aliphatic heterocycles. The van der Waals surface area contributed by atoms with Crippen molar-refractivity contribution >= 4 is 17.9 Å². The second kappa shape index (κ2) is 20.2. The van der Waals surface area contributed by atoms with Gasteiger partial charge in [-0.05, 0) is 42.0 Å². The Labute approximate surface area is 353 Å². The summed E-state index contributed by atoms with van der Waals surface area (Å²) in [4.78, 5) is 41.2. The molecule has 3 saturated heterocycles. The minimum absolute atomic E-state index is 0.199. The molecule has 5 aromatic rings. The van der Waals surface area contributed by atoms with E-state index in [1.807, 2.05) is 60.7 Å². The maximum absolute atomic E-state index is 13.8. The fourth-order valence-corrected chi connectivity index (χ4v) is 7.50. The van der Waals surface area contributed by atoms with Crippen molar-refractivity contribution in [3.63, 3.8) is 0 Å². The fourth-order valence-electron chi connectivity index (χ4n) is 7.50. The Morgan fingerprint density at radius 3 is 1.64 bits per heavy atom. The second-order valence-electron chi connectivity index (χ2n) is 14.7. The number of esters is 3. The lowest BCUT2D eigenvalue weighted by molar-refractivity contribution is -0.349. The number of carbonyl (C=O) groups is 3. The third kappa shape index (κ3) is 10.4. The molecule has 0 N–H and O–H groups in total. The quantitative estimate of drug-likeness (QED) is 0.0850. The zero-order valence-electron chi connectivity index (χ0n) is 33.3. The molecule has 3 fully saturated rings. The molecule has 13 nitrogen and oxygen atoms in total. The molecule has 3 aliphatic rings. The Morgan fingerprint density at radius 2 is 1.08 bits per heavy atom. The van der Waals surface area contributed by atoms with Crippen molar-refractivity contribution in [2.45, 2.75) is 74.6 Å². The third-order valence-corrected chi connectivity index (χ3v) is 10.6. The molecule has 0 radical (unpaired) electrons. The van der Waals surface area contributed by atoms with Gasteiger partial charge in [-0.3, -0.25) is 0 Å². The molecule has 0 aliphatic carbocycles. The number of methoxy groups -OCH3 is 1. The topological polar surface area (TPSA) is 144 Å². The van der Waals surface area contributed by atoms with Crippen LogP contribution in [0, 0.1) is 0 Å². The van der Waals surface area contributed by atoms with Crippen molar-refractivity contribution in [3.05, 3.63) is 179 Å². The number of fused-ring (bicyclic) bond motifs is 1. The molecule has 1 unspecified atom stereocenters. The highest BCUT2D eigenvalue weighted by molar-refractivity contribution is 5.91. The van der Waals surface area contributed by atoms with Crippen LogP contribution in [0.5, 0.6) is 0 Å². The Morgan fingerprint density at radius 1 is 0.574 bits per heavy atom. The van der Waals surface area contributed by atoms with Crippen molar-refractivity contribution in [2.24, 2.45) is 0 Å². The Kier molecular flexibility index (Phi) is 13.9. The molecule has 3 heterocycles. The molecular weight excluding hydrogens is 785 g/mol. The normalized spacial score (nSPS) is 27.2. The monoisotopic (exact) mass is 830 g/mol. The summed E-state index contributed by atoms with van der Waals surface area (Å²) in [6, 6.07) is 44.4. The van der Waals surface area contributed by atoms with E-state index in [2.05, 4.69) is 0 Å². The van der Waals surface area contributed by atoms with E-state index in [1.165, 1.54) is 7.11 Å². The van der Waals surface area contributed by atoms with Gasteiger partial charge in [-0.15, -0.1) is 0 Å². The highest BCUT2D eigenvalue weighted by Crippen LogP contribution is 2.37. The third-order valence-electron chi connectivity index (χ3n) is 10.6. The van der Waals surface area contributed by atoms with Crippen LogP contribution in [-0.4, -0.2) is 93.5 Å². The summed E-state index contributed by atoms with van der Waals surface area (Å²) in [5.74, 6) is -2.23. The second-order valence-corrected chi connectivity index (χ2v) is 14.7. The van der Waals surface area contributed by atoms with Crippen LogP contribution in [0.3, 0.4) is 0 Å². The lowest BCUT2D eigenvalue weighted by atomic mass is 9.97. The van der Waals surface area contributed by atoms with Crippen molar-refractivity contribution in [2.75, 3.05) is 20.3 Å². The highest BCUT2D eigenvalue weighted by atomic mass is 16.8. The first kappa shape index (κ1) is 41.9. The summed E-state index contributed by atoms with van der Waals surface area (Å²) in [5.41, 5.74) is 2.53. The summed E-state index contributed by atoms with van der Waals surface area (Å²) >= 11 is 0. The zero-order chi connectivity index (χ0) is 42.0. The van der Waals surface area contributed by atoms with Gasteiger partial charge in [-0.2, -0.15) is 0 Å². The predicted octanol–water partition coefficient (Wildman–Crippen LogP) is 6.87. The summed E-state index contributed by atoms with van der Waals surface area (Å²) in [6.45, 7) is 0.273. The van der Waals surface area contributed by atoms with Gasteiger partial charge in [0, 0.05) is 19.1 Å². The number of rotatable bonds is 14. The lowest BCUT2D eigenvalue weighted by Crippen LogP contribution is -2.63. The first-order valence-corrected chi connectivity index (χ1v) is 20.1. The molecule has 10 atom stereocenters. The summed E-state index contributed by atoms with van der Waals surface area (Å²) in [7, 11) is 1.36. The van der Waals surface area contributed by atoms with Gasteiger partial charge in [-0.1, -0.05) is 115 Å². The summed E-state index contributed by atoms with van der Waals surface area (Å²) < 4.78 is 62.6. The molecule has 8 rings (SSSR count). The van der Waals surface area contributed by atoms with Gasteiger partial charge < -0.3 is 47.4 Å². The van der Waals surface area contributed by atoms with Crippen LogP contribution in [0.2, 0.25) is 0 Å². The Bertz CT molecular complexity index is 2160. The van der Waals surface area contributed by atoms with E-state index in [9.17, 15) is 14.4 Å². The van der Waals surface area contributed by atoms with E-state index in [-0.39, 0.29) is 36.3 Å². The molecule has 5 aromatic carbocycles. The summed E-state index contributed by atoms with van der Waals surface area (Å²) in [6.07, 6.45) is -9.40.